The summed E-state index contributed by atoms with van der Waals surface area (Å²) >= 11 is 2.99. The Kier molecular flexibility index (Phi) is 7.37. The number of rotatable bonds is 2. The average Bonchev–Trinajstić information content (AvgIpc) is 2.54. The quantitative estimate of drug-likeness (QED) is 0.718. The Hall–Kier alpha value is -2.42. The molecule has 0 aromatic carbocycles. The highest BCUT2D eigenvalue weighted by Gasteiger charge is 2.16. The van der Waals surface area contributed by atoms with Crippen molar-refractivity contribution < 1.29 is 27.8 Å². The van der Waals surface area contributed by atoms with E-state index in [4.69, 9.17) is 0 Å². The minimum absolute atomic E-state index is 0.0486. The first-order chi connectivity index (χ1) is 11.3. The van der Waals surface area contributed by atoms with Crippen LogP contribution < -0.4 is 0 Å². The Bertz CT molecular complexity index is 652. The highest BCUT2D eigenvalue weighted by molar-refractivity contribution is 9.10. The molecule has 2 rings (SSSR count). The second-order valence-electron chi connectivity index (χ2n) is 4.27. The third kappa shape index (κ3) is 4.79. The van der Waals surface area contributed by atoms with E-state index >= 15 is 0 Å². The van der Waals surface area contributed by atoms with Crippen molar-refractivity contribution in [3.63, 3.8) is 0 Å². The lowest BCUT2D eigenvalue weighted by atomic mass is 10.1. The summed E-state index contributed by atoms with van der Waals surface area (Å²) in [5.74, 6) is -2.74. The lowest BCUT2D eigenvalue weighted by Gasteiger charge is -2.02. The van der Waals surface area contributed by atoms with Crippen LogP contribution in [0.4, 0.5) is 8.78 Å². The number of nitrogens with zero attached hydrogens (tertiary/aromatic N) is 2. The number of hydrogen-bond acceptors (Lipinski definition) is 6. The van der Waals surface area contributed by atoms with Crippen molar-refractivity contribution in [3.8, 4) is 0 Å². The molecule has 0 spiro atoms. The number of esters is 2. The maximum atomic E-state index is 12.9. The Balaban J connectivity index is 0.000000240. The molecular formula is C15H13BrF2N2O4. The fourth-order valence-corrected chi connectivity index (χ4v) is 2.07. The first-order valence-corrected chi connectivity index (χ1v) is 7.18. The van der Waals surface area contributed by atoms with Gasteiger partial charge < -0.3 is 9.47 Å². The Morgan fingerprint density at radius 2 is 1.38 bits per heavy atom. The summed E-state index contributed by atoms with van der Waals surface area (Å²) in [6.07, 6.45) is 4.68. The van der Waals surface area contributed by atoms with Crippen LogP contribution in [0.3, 0.4) is 0 Å². The summed E-state index contributed by atoms with van der Waals surface area (Å²) in [7, 11) is 2.40. The van der Waals surface area contributed by atoms with E-state index in [1.165, 1.54) is 26.6 Å². The summed E-state index contributed by atoms with van der Waals surface area (Å²) in [4.78, 5) is 29.0. The maximum Gasteiger partial charge on any atom is 0.342 e. The third-order valence-corrected chi connectivity index (χ3v) is 3.32. The number of halogens is 3. The number of pyridine rings is 2. The number of carbonyl (C=O) groups is 2. The fraction of sp³-hybridized carbons (Fsp3) is 0.200. The molecule has 0 fully saturated rings. The SMILES string of the molecule is COC(=O)c1c(C)cncc1F.COC(=O)c1c(F)cncc1Br. The zero-order chi connectivity index (χ0) is 18.3. The molecule has 9 heteroatoms. The number of ether oxygens (including phenoxy) is 2. The van der Waals surface area contributed by atoms with Crippen LogP contribution in [-0.2, 0) is 9.47 Å². The number of carbonyl (C=O) groups excluding carboxylic acids is 2. The number of methoxy groups -OCH3 is 2. The van der Waals surface area contributed by atoms with E-state index < -0.39 is 23.6 Å². The molecular weight excluding hydrogens is 390 g/mol. The zero-order valence-corrected chi connectivity index (χ0v) is 14.6. The number of aromatic nitrogens is 2. The largest absolute Gasteiger partial charge is 0.465 e. The van der Waals surface area contributed by atoms with Gasteiger partial charge in [0.25, 0.3) is 0 Å². The lowest BCUT2D eigenvalue weighted by Crippen LogP contribution is -2.07. The fourth-order valence-electron chi connectivity index (χ4n) is 1.60. The van der Waals surface area contributed by atoms with Crippen molar-refractivity contribution in [1.29, 1.82) is 0 Å². The van der Waals surface area contributed by atoms with Crippen molar-refractivity contribution in [2.45, 2.75) is 6.92 Å². The normalized spacial score (nSPS) is 9.58. The summed E-state index contributed by atoms with van der Waals surface area (Å²) < 4.78 is 34.9. The average molecular weight is 403 g/mol. The minimum atomic E-state index is -0.721. The molecule has 0 aliphatic rings. The highest BCUT2D eigenvalue weighted by Crippen LogP contribution is 2.18. The van der Waals surface area contributed by atoms with Gasteiger partial charge in [0.1, 0.15) is 11.1 Å². The predicted molar refractivity (Wildman–Crippen MR) is 83.5 cm³/mol. The third-order valence-electron chi connectivity index (χ3n) is 2.72. The molecule has 0 N–H and O–H groups in total. The Morgan fingerprint density at radius 3 is 1.83 bits per heavy atom. The molecule has 24 heavy (non-hydrogen) atoms. The van der Waals surface area contributed by atoms with Gasteiger partial charge in [0.2, 0.25) is 0 Å². The summed E-state index contributed by atoms with van der Waals surface area (Å²) in [6.45, 7) is 1.60. The molecule has 0 aliphatic carbocycles. The van der Waals surface area contributed by atoms with Gasteiger partial charge in [-0.25, -0.2) is 18.4 Å². The lowest BCUT2D eigenvalue weighted by molar-refractivity contribution is 0.0585. The second-order valence-corrected chi connectivity index (χ2v) is 5.13. The van der Waals surface area contributed by atoms with Crippen molar-refractivity contribution in [3.05, 3.63) is 57.6 Å². The zero-order valence-electron chi connectivity index (χ0n) is 13.0. The van der Waals surface area contributed by atoms with Gasteiger partial charge >= 0.3 is 11.9 Å². The Labute approximate surface area is 145 Å². The van der Waals surface area contributed by atoms with Gasteiger partial charge in [0.05, 0.1) is 31.1 Å². The van der Waals surface area contributed by atoms with Gasteiger partial charge in [0.15, 0.2) is 11.6 Å². The molecule has 2 aromatic rings. The van der Waals surface area contributed by atoms with Crippen LogP contribution in [0.5, 0.6) is 0 Å². The van der Waals surface area contributed by atoms with E-state index in [0.29, 0.717) is 5.56 Å². The van der Waals surface area contributed by atoms with E-state index in [-0.39, 0.29) is 15.6 Å². The topological polar surface area (TPSA) is 78.4 Å². The molecule has 0 amide bonds. The molecule has 0 atom stereocenters. The van der Waals surface area contributed by atoms with Crippen LogP contribution in [0.1, 0.15) is 26.3 Å². The van der Waals surface area contributed by atoms with Gasteiger partial charge in [-0.15, -0.1) is 0 Å². The molecule has 0 radical (unpaired) electrons. The molecule has 0 saturated heterocycles. The van der Waals surface area contributed by atoms with Gasteiger partial charge in [-0.2, -0.15) is 0 Å². The van der Waals surface area contributed by atoms with E-state index in [1.54, 1.807) is 6.92 Å². The molecule has 0 aliphatic heterocycles. The first-order valence-electron chi connectivity index (χ1n) is 6.39. The maximum absolute atomic E-state index is 12.9. The van der Waals surface area contributed by atoms with Crippen LogP contribution in [0, 0.1) is 18.6 Å². The molecule has 0 saturated carbocycles. The van der Waals surface area contributed by atoms with Crippen LogP contribution in [-0.4, -0.2) is 36.1 Å². The molecule has 2 heterocycles. The van der Waals surface area contributed by atoms with E-state index in [9.17, 15) is 18.4 Å². The van der Waals surface area contributed by atoms with Crippen LogP contribution >= 0.6 is 15.9 Å². The summed E-state index contributed by atoms with van der Waals surface area (Å²) in [5.41, 5.74) is 0.293. The van der Waals surface area contributed by atoms with Gasteiger partial charge in [-0.1, -0.05) is 0 Å². The van der Waals surface area contributed by atoms with Gasteiger partial charge in [-0.3, -0.25) is 9.97 Å². The van der Waals surface area contributed by atoms with Crippen LogP contribution in [0.25, 0.3) is 0 Å². The van der Waals surface area contributed by atoms with Crippen molar-refractivity contribution in [2.24, 2.45) is 0 Å². The predicted octanol–water partition coefficient (Wildman–Crippen LogP) is 3.09. The van der Waals surface area contributed by atoms with E-state index in [1.807, 2.05) is 0 Å². The Morgan fingerprint density at radius 1 is 0.917 bits per heavy atom. The number of aryl methyl sites for hydroxylation is 1. The number of hydrogen-bond donors (Lipinski definition) is 0. The summed E-state index contributed by atoms with van der Waals surface area (Å²) in [6, 6.07) is 0. The summed E-state index contributed by atoms with van der Waals surface area (Å²) in [5, 5.41) is 0. The molecule has 0 bridgehead atoms. The molecule has 0 unspecified atom stereocenters. The highest BCUT2D eigenvalue weighted by atomic mass is 79.9. The van der Waals surface area contributed by atoms with Crippen molar-refractivity contribution in [1.82, 2.24) is 9.97 Å². The van der Waals surface area contributed by atoms with E-state index in [2.05, 4.69) is 35.4 Å². The van der Waals surface area contributed by atoms with Crippen molar-refractivity contribution >= 4 is 27.9 Å². The van der Waals surface area contributed by atoms with Crippen LogP contribution in [0.15, 0.2) is 29.3 Å². The van der Waals surface area contributed by atoms with Crippen molar-refractivity contribution in [2.75, 3.05) is 14.2 Å². The first kappa shape index (κ1) is 19.6. The minimum Gasteiger partial charge on any atom is -0.465 e. The molecule has 128 valence electrons. The van der Waals surface area contributed by atoms with Gasteiger partial charge in [0, 0.05) is 12.4 Å². The van der Waals surface area contributed by atoms with E-state index in [0.717, 1.165) is 12.4 Å². The monoisotopic (exact) mass is 402 g/mol. The molecule has 6 nitrogen and oxygen atoms in total. The van der Waals surface area contributed by atoms with Crippen LogP contribution in [0.2, 0.25) is 0 Å². The standard InChI is InChI=1S/C8H8FNO2.C7H5BrFNO2/c1-5-3-10-4-6(9)7(5)8(11)12-2;1-12-7(11)6-4(8)2-10-3-5(6)9/h3-4H,1-2H3;2-3H,1H3. The smallest absolute Gasteiger partial charge is 0.342 e. The molecule has 2 aromatic heterocycles. The second kappa shape index (κ2) is 9.02. The van der Waals surface area contributed by atoms with Gasteiger partial charge in [-0.05, 0) is 28.4 Å².